The second-order valence-electron chi connectivity index (χ2n) is 3.94. The van der Waals surface area contributed by atoms with Gasteiger partial charge in [0, 0.05) is 23.6 Å². The van der Waals surface area contributed by atoms with E-state index < -0.39 is 0 Å². The van der Waals surface area contributed by atoms with E-state index in [9.17, 15) is 0 Å². The molecule has 1 aromatic heterocycles. The Morgan fingerprint density at radius 3 is 2.86 bits per heavy atom. The third-order valence-electron chi connectivity index (χ3n) is 2.90. The normalized spacial score (nSPS) is 18.6. The number of aryl methyl sites for hydroxylation is 1. The summed E-state index contributed by atoms with van der Waals surface area (Å²) in [5.74, 6) is 1.43. The molecule has 1 heterocycles. The number of aromatic nitrogens is 1. The molecule has 1 aliphatic carbocycles. The summed E-state index contributed by atoms with van der Waals surface area (Å²) in [7, 11) is 0. The van der Waals surface area contributed by atoms with Crippen LogP contribution in [0.3, 0.4) is 0 Å². The van der Waals surface area contributed by atoms with Gasteiger partial charge in [0.25, 0.3) is 0 Å². The standard InChI is InChI=1S/C11H16ClNS/c12-7-6-11-13-10(8-14-11)9-4-2-1-3-5-9/h8-9H,1-7H2. The van der Waals surface area contributed by atoms with Crippen LogP contribution in [0.4, 0.5) is 0 Å². The van der Waals surface area contributed by atoms with Crippen molar-refractivity contribution < 1.29 is 0 Å². The number of thiazole rings is 1. The van der Waals surface area contributed by atoms with Gasteiger partial charge in [0.15, 0.2) is 0 Å². The topological polar surface area (TPSA) is 12.9 Å². The van der Waals surface area contributed by atoms with Gasteiger partial charge < -0.3 is 0 Å². The van der Waals surface area contributed by atoms with Crippen LogP contribution in [-0.2, 0) is 6.42 Å². The second kappa shape index (κ2) is 5.13. The summed E-state index contributed by atoms with van der Waals surface area (Å²) in [4.78, 5) is 4.66. The minimum atomic E-state index is 0.692. The predicted octanol–water partition coefficient (Wildman–Crippen LogP) is 3.97. The number of hydrogen-bond acceptors (Lipinski definition) is 2. The molecule has 1 fully saturated rings. The Morgan fingerprint density at radius 2 is 2.14 bits per heavy atom. The van der Waals surface area contributed by atoms with Gasteiger partial charge in [-0.15, -0.1) is 22.9 Å². The van der Waals surface area contributed by atoms with Crippen molar-refractivity contribution in [2.24, 2.45) is 0 Å². The number of hydrogen-bond donors (Lipinski definition) is 0. The van der Waals surface area contributed by atoms with E-state index in [2.05, 4.69) is 10.4 Å². The molecule has 1 aliphatic rings. The molecule has 3 heteroatoms. The highest BCUT2D eigenvalue weighted by Crippen LogP contribution is 2.33. The van der Waals surface area contributed by atoms with Crippen LogP contribution >= 0.6 is 22.9 Å². The Bertz CT molecular complexity index is 279. The van der Waals surface area contributed by atoms with Crippen molar-refractivity contribution in [3.05, 3.63) is 16.1 Å². The van der Waals surface area contributed by atoms with Gasteiger partial charge in [-0.25, -0.2) is 4.98 Å². The fourth-order valence-corrected chi connectivity index (χ4v) is 3.28. The molecule has 0 N–H and O–H groups in total. The van der Waals surface area contributed by atoms with Gasteiger partial charge in [0.2, 0.25) is 0 Å². The second-order valence-corrected chi connectivity index (χ2v) is 5.26. The van der Waals surface area contributed by atoms with E-state index in [-0.39, 0.29) is 0 Å². The first kappa shape index (κ1) is 10.4. The van der Waals surface area contributed by atoms with E-state index in [0.29, 0.717) is 5.88 Å². The number of nitrogens with zero attached hydrogens (tertiary/aromatic N) is 1. The Kier molecular flexibility index (Phi) is 3.82. The summed E-state index contributed by atoms with van der Waals surface area (Å²) in [6.07, 6.45) is 7.78. The van der Waals surface area contributed by atoms with E-state index in [4.69, 9.17) is 11.6 Å². The van der Waals surface area contributed by atoms with Crippen molar-refractivity contribution in [3.8, 4) is 0 Å². The molecular formula is C11H16ClNS. The molecule has 0 aliphatic heterocycles. The van der Waals surface area contributed by atoms with Crippen LogP contribution in [0.25, 0.3) is 0 Å². The molecule has 0 aromatic carbocycles. The van der Waals surface area contributed by atoms with E-state index in [1.807, 2.05) is 0 Å². The van der Waals surface area contributed by atoms with E-state index in [1.54, 1.807) is 11.3 Å². The SMILES string of the molecule is ClCCc1nc(C2CCCCC2)cs1. The smallest absolute Gasteiger partial charge is 0.0940 e. The minimum Gasteiger partial charge on any atom is -0.246 e. The molecule has 0 bridgehead atoms. The van der Waals surface area contributed by atoms with Crippen molar-refractivity contribution in [1.29, 1.82) is 0 Å². The molecule has 14 heavy (non-hydrogen) atoms. The van der Waals surface area contributed by atoms with Crippen molar-refractivity contribution in [1.82, 2.24) is 4.98 Å². The highest BCUT2D eigenvalue weighted by molar-refractivity contribution is 7.09. The number of rotatable bonds is 3. The average Bonchev–Trinajstić information content (AvgIpc) is 2.68. The lowest BCUT2D eigenvalue weighted by Gasteiger charge is -2.19. The van der Waals surface area contributed by atoms with Crippen molar-refractivity contribution >= 4 is 22.9 Å². The summed E-state index contributed by atoms with van der Waals surface area (Å²) in [6, 6.07) is 0. The monoisotopic (exact) mass is 229 g/mol. The Balaban J connectivity index is 2.00. The molecule has 1 saturated carbocycles. The Morgan fingerprint density at radius 1 is 1.36 bits per heavy atom. The molecule has 0 amide bonds. The molecule has 0 atom stereocenters. The number of alkyl halides is 1. The molecule has 0 spiro atoms. The molecule has 0 unspecified atom stereocenters. The summed E-state index contributed by atoms with van der Waals surface area (Å²) in [5.41, 5.74) is 1.33. The summed E-state index contributed by atoms with van der Waals surface area (Å²) in [5, 5.41) is 3.44. The first-order chi connectivity index (χ1) is 6.90. The van der Waals surface area contributed by atoms with Gasteiger partial charge in [0.05, 0.1) is 10.7 Å². The molecule has 1 aromatic rings. The summed E-state index contributed by atoms with van der Waals surface area (Å²) >= 11 is 7.47. The summed E-state index contributed by atoms with van der Waals surface area (Å²) in [6.45, 7) is 0. The van der Waals surface area contributed by atoms with E-state index in [0.717, 1.165) is 12.3 Å². The fourth-order valence-electron chi connectivity index (χ4n) is 2.11. The fraction of sp³-hybridized carbons (Fsp3) is 0.727. The maximum absolute atomic E-state index is 5.70. The lowest BCUT2D eigenvalue weighted by atomic mass is 9.87. The van der Waals surface area contributed by atoms with Crippen LogP contribution in [0.2, 0.25) is 0 Å². The van der Waals surface area contributed by atoms with Gasteiger partial charge >= 0.3 is 0 Å². The van der Waals surface area contributed by atoms with Gasteiger partial charge in [0.1, 0.15) is 0 Å². The predicted molar refractivity (Wildman–Crippen MR) is 62.4 cm³/mol. The third kappa shape index (κ3) is 2.48. The van der Waals surface area contributed by atoms with Crippen LogP contribution in [0.5, 0.6) is 0 Å². The van der Waals surface area contributed by atoms with Crippen LogP contribution in [0.15, 0.2) is 5.38 Å². The van der Waals surface area contributed by atoms with Gasteiger partial charge in [-0.3, -0.25) is 0 Å². The first-order valence-corrected chi connectivity index (χ1v) is 6.82. The molecule has 0 radical (unpaired) electrons. The van der Waals surface area contributed by atoms with Crippen LogP contribution in [0, 0.1) is 0 Å². The quantitative estimate of drug-likeness (QED) is 0.715. The first-order valence-electron chi connectivity index (χ1n) is 5.40. The Labute approximate surface area is 94.5 Å². The van der Waals surface area contributed by atoms with Crippen LogP contribution in [0.1, 0.15) is 48.7 Å². The van der Waals surface area contributed by atoms with Crippen LogP contribution < -0.4 is 0 Å². The van der Waals surface area contributed by atoms with Crippen molar-refractivity contribution in [2.45, 2.75) is 44.4 Å². The van der Waals surface area contributed by atoms with E-state index in [1.165, 1.54) is 42.8 Å². The molecule has 2 rings (SSSR count). The van der Waals surface area contributed by atoms with Gasteiger partial charge in [-0.2, -0.15) is 0 Å². The lowest BCUT2D eigenvalue weighted by molar-refractivity contribution is 0.437. The number of halogens is 1. The zero-order valence-corrected chi connectivity index (χ0v) is 9.91. The van der Waals surface area contributed by atoms with Crippen molar-refractivity contribution in [2.75, 3.05) is 5.88 Å². The largest absolute Gasteiger partial charge is 0.246 e. The highest BCUT2D eigenvalue weighted by atomic mass is 35.5. The minimum absolute atomic E-state index is 0.692. The average molecular weight is 230 g/mol. The van der Waals surface area contributed by atoms with Gasteiger partial charge in [-0.05, 0) is 12.8 Å². The highest BCUT2D eigenvalue weighted by Gasteiger charge is 2.17. The van der Waals surface area contributed by atoms with Gasteiger partial charge in [-0.1, -0.05) is 19.3 Å². The summed E-state index contributed by atoms with van der Waals surface area (Å²) < 4.78 is 0. The zero-order valence-electron chi connectivity index (χ0n) is 8.34. The lowest BCUT2D eigenvalue weighted by Crippen LogP contribution is -2.04. The van der Waals surface area contributed by atoms with Crippen molar-refractivity contribution in [3.63, 3.8) is 0 Å². The van der Waals surface area contributed by atoms with E-state index >= 15 is 0 Å². The molecule has 1 nitrogen and oxygen atoms in total. The van der Waals surface area contributed by atoms with Crippen LogP contribution in [-0.4, -0.2) is 10.9 Å². The molecule has 78 valence electrons. The molecular weight excluding hydrogens is 214 g/mol. The third-order valence-corrected chi connectivity index (χ3v) is 4.02. The Hall–Kier alpha value is -0.0800. The molecule has 0 saturated heterocycles. The maximum atomic E-state index is 5.70. The zero-order chi connectivity index (χ0) is 9.80. The maximum Gasteiger partial charge on any atom is 0.0940 e.